The molecule has 19 heavy (non-hydrogen) atoms. The second kappa shape index (κ2) is 5.77. The van der Waals surface area contributed by atoms with Gasteiger partial charge in [-0.1, -0.05) is 12.1 Å². The number of rotatable bonds is 5. The Bertz CT molecular complexity index is 621. The van der Waals surface area contributed by atoms with Gasteiger partial charge in [-0.2, -0.15) is 9.57 Å². The second-order valence-electron chi connectivity index (χ2n) is 4.04. The lowest BCUT2D eigenvalue weighted by molar-refractivity contribution is -0.387. The van der Waals surface area contributed by atoms with Crippen molar-refractivity contribution in [2.24, 2.45) is 5.92 Å². The van der Waals surface area contributed by atoms with Gasteiger partial charge in [0.15, 0.2) is 4.90 Å². The topological polar surface area (TPSA) is 104 Å². The van der Waals surface area contributed by atoms with Crippen LogP contribution in [-0.2, 0) is 10.0 Å². The maximum Gasteiger partial charge on any atom is 0.289 e. The Hall–Kier alpha value is -1.98. The number of para-hydroxylation sites is 1. The normalized spacial score (nSPS) is 12.9. The van der Waals surface area contributed by atoms with Gasteiger partial charge >= 0.3 is 0 Å². The highest BCUT2D eigenvalue weighted by Gasteiger charge is 2.29. The first-order valence-electron chi connectivity index (χ1n) is 5.40. The van der Waals surface area contributed by atoms with Crippen LogP contribution in [0.3, 0.4) is 0 Å². The lowest BCUT2D eigenvalue weighted by Crippen LogP contribution is -2.31. The molecule has 0 bridgehead atoms. The van der Waals surface area contributed by atoms with Crippen LogP contribution < -0.4 is 0 Å². The molecule has 8 heteroatoms. The highest BCUT2D eigenvalue weighted by Crippen LogP contribution is 2.25. The third kappa shape index (κ3) is 3.27. The number of nitro benzene ring substituents is 1. The van der Waals surface area contributed by atoms with Crippen LogP contribution in [0.4, 0.5) is 5.69 Å². The van der Waals surface area contributed by atoms with Crippen molar-refractivity contribution in [2.75, 3.05) is 13.6 Å². The minimum atomic E-state index is -3.98. The molecule has 0 heterocycles. The van der Waals surface area contributed by atoms with Crippen molar-refractivity contribution in [1.82, 2.24) is 4.31 Å². The van der Waals surface area contributed by atoms with Crippen molar-refractivity contribution in [3.05, 3.63) is 34.4 Å². The van der Waals surface area contributed by atoms with Crippen molar-refractivity contribution in [2.45, 2.75) is 11.8 Å². The summed E-state index contributed by atoms with van der Waals surface area (Å²) >= 11 is 0. The molecule has 0 radical (unpaired) electrons. The number of hydrogen-bond acceptors (Lipinski definition) is 5. The van der Waals surface area contributed by atoms with E-state index in [9.17, 15) is 18.5 Å². The highest BCUT2D eigenvalue weighted by molar-refractivity contribution is 7.89. The van der Waals surface area contributed by atoms with Crippen molar-refractivity contribution in [3.63, 3.8) is 0 Å². The zero-order valence-corrected chi connectivity index (χ0v) is 11.3. The minimum Gasteiger partial charge on any atom is -0.258 e. The Morgan fingerprint density at radius 3 is 2.58 bits per heavy atom. The quantitative estimate of drug-likeness (QED) is 0.599. The fraction of sp³-hybridized carbons (Fsp3) is 0.364. The molecule has 0 fully saturated rings. The second-order valence-corrected chi connectivity index (χ2v) is 6.05. The molecule has 0 saturated carbocycles. The van der Waals surface area contributed by atoms with E-state index in [0.29, 0.717) is 0 Å². The van der Waals surface area contributed by atoms with Crippen molar-refractivity contribution < 1.29 is 13.3 Å². The monoisotopic (exact) mass is 283 g/mol. The molecule has 0 aliphatic rings. The Labute approximate surface area is 111 Å². The number of sulfonamides is 1. The van der Waals surface area contributed by atoms with Gasteiger partial charge in [0.25, 0.3) is 5.69 Å². The first kappa shape index (κ1) is 15.1. The zero-order chi connectivity index (χ0) is 14.6. The van der Waals surface area contributed by atoms with Crippen molar-refractivity contribution >= 4 is 15.7 Å². The van der Waals surface area contributed by atoms with Crippen LogP contribution in [0.15, 0.2) is 29.2 Å². The zero-order valence-electron chi connectivity index (χ0n) is 10.5. The summed E-state index contributed by atoms with van der Waals surface area (Å²) in [5.74, 6) is -0.498. The van der Waals surface area contributed by atoms with E-state index in [1.807, 2.05) is 6.07 Å². The molecule has 102 valence electrons. The number of nitriles is 1. The van der Waals surface area contributed by atoms with Gasteiger partial charge in [0.05, 0.1) is 16.9 Å². The number of benzene rings is 1. The molecule has 1 aromatic carbocycles. The SMILES string of the molecule is CC(C#N)CN(C)S(=O)(=O)c1ccccc1[N+](=O)[O-]. The molecule has 0 aliphatic carbocycles. The molecule has 0 N–H and O–H groups in total. The average molecular weight is 283 g/mol. The van der Waals surface area contributed by atoms with E-state index in [4.69, 9.17) is 5.26 Å². The minimum absolute atomic E-state index is 0.0229. The molecule has 0 aliphatic heterocycles. The summed E-state index contributed by atoms with van der Waals surface area (Å²) in [4.78, 5) is 9.73. The van der Waals surface area contributed by atoms with E-state index < -0.39 is 26.6 Å². The predicted octanol–water partition coefficient (Wildman–Crippen LogP) is 1.37. The molecule has 1 unspecified atom stereocenters. The molecule has 1 atom stereocenters. The maximum atomic E-state index is 12.2. The van der Waals surface area contributed by atoms with Crippen LogP contribution >= 0.6 is 0 Å². The van der Waals surface area contributed by atoms with Crippen LogP contribution in [0.1, 0.15) is 6.92 Å². The highest BCUT2D eigenvalue weighted by atomic mass is 32.2. The molecule has 0 spiro atoms. The van der Waals surface area contributed by atoms with Crippen molar-refractivity contribution in [3.8, 4) is 6.07 Å². The fourth-order valence-electron chi connectivity index (χ4n) is 1.52. The van der Waals surface area contributed by atoms with Gasteiger partial charge in [-0.3, -0.25) is 10.1 Å². The molecular formula is C11H13N3O4S. The lowest BCUT2D eigenvalue weighted by Gasteiger charge is -2.17. The van der Waals surface area contributed by atoms with Gasteiger partial charge in [0.1, 0.15) is 0 Å². The summed E-state index contributed by atoms with van der Waals surface area (Å²) in [5.41, 5.74) is -0.473. The smallest absolute Gasteiger partial charge is 0.258 e. The first-order valence-corrected chi connectivity index (χ1v) is 6.84. The van der Waals surface area contributed by atoms with Crippen LogP contribution in [0.2, 0.25) is 0 Å². The van der Waals surface area contributed by atoms with E-state index in [2.05, 4.69) is 0 Å². The van der Waals surface area contributed by atoms with Gasteiger partial charge in [-0.15, -0.1) is 0 Å². The number of hydrogen-bond donors (Lipinski definition) is 0. The largest absolute Gasteiger partial charge is 0.289 e. The molecule has 1 rings (SSSR count). The Kier molecular flexibility index (Phi) is 4.58. The molecular weight excluding hydrogens is 270 g/mol. The third-order valence-corrected chi connectivity index (χ3v) is 4.37. The summed E-state index contributed by atoms with van der Waals surface area (Å²) in [6.45, 7) is 1.55. The third-order valence-electron chi connectivity index (χ3n) is 2.50. The van der Waals surface area contributed by atoms with Crippen molar-refractivity contribution in [1.29, 1.82) is 5.26 Å². The van der Waals surface area contributed by atoms with Gasteiger partial charge in [0.2, 0.25) is 10.0 Å². The summed E-state index contributed by atoms with van der Waals surface area (Å²) in [6, 6.07) is 7.05. The molecule has 0 amide bonds. The first-order chi connectivity index (χ1) is 8.80. The summed E-state index contributed by atoms with van der Waals surface area (Å²) in [7, 11) is -2.69. The van der Waals surface area contributed by atoms with E-state index in [0.717, 1.165) is 10.4 Å². The number of nitrogens with zero attached hydrogens (tertiary/aromatic N) is 3. The van der Waals surface area contributed by atoms with E-state index in [1.54, 1.807) is 6.92 Å². The molecule has 1 aromatic rings. The van der Waals surface area contributed by atoms with Gasteiger partial charge in [-0.05, 0) is 13.0 Å². The molecule has 0 saturated heterocycles. The van der Waals surface area contributed by atoms with E-state index in [-0.39, 0.29) is 11.4 Å². The predicted molar refractivity (Wildman–Crippen MR) is 67.7 cm³/mol. The van der Waals surface area contributed by atoms with E-state index >= 15 is 0 Å². The standard InChI is InChI=1S/C11H13N3O4S/c1-9(7-12)8-13(2)19(17,18)11-6-4-3-5-10(11)14(15)16/h3-6,9H,8H2,1-2H3. The van der Waals surface area contributed by atoms with E-state index in [1.165, 1.54) is 25.2 Å². The lowest BCUT2D eigenvalue weighted by atomic mass is 10.2. The Morgan fingerprint density at radius 1 is 1.47 bits per heavy atom. The van der Waals surface area contributed by atoms with Crippen LogP contribution in [-0.4, -0.2) is 31.2 Å². The van der Waals surface area contributed by atoms with Crippen LogP contribution in [0, 0.1) is 27.4 Å². The Morgan fingerprint density at radius 2 is 2.05 bits per heavy atom. The maximum absolute atomic E-state index is 12.2. The summed E-state index contributed by atoms with van der Waals surface area (Å²) in [5, 5.41) is 19.5. The average Bonchev–Trinajstić information content (AvgIpc) is 2.38. The fourth-order valence-corrected chi connectivity index (χ4v) is 2.93. The summed E-state index contributed by atoms with van der Waals surface area (Å²) in [6.07, 6.45) is 0. The van der Waals surface area contributed by atoms with Gasteiger partial charge < -0.3 is 0 Å². The molecule has 0 aromatic heterocycles. The Balaban J connectivity index is 3.22. The van der Waals surface area contributed by atoms with Gasteiger partial charge in [0, 0.05) is 19.7 Å². The summed E-state index contributed by atoms with van der Waals surface area (Å²) < 4.78 is 25.4. The number of nitro groups is 1. The van der Waals surface area contributed by atoms with Crippen LogP contribution in [0.5, 0.6) is 0 Å². The molecule has 7 nitrogen and oxygen atoms in total. The van der Waals surface area contributed by atoms with Gasteiger partial charge in [-0.25, -0.2) is 8.42 Å². The van der Waals surface area contributed by atoms with Crippen LogP contribution in [0.25, 0.3) is 0 Å².